The zero-order chi connectivity index (χ0) is 24.2. The number of nitrogens with zero attached hydrogens (tertiary/aromatic N) is 2. The highest BCUT2D eigenvalue weighted by Gasteiger charge is 2.30. The van der Waals surface area contributed by atoms with Crippen molar-refractivity contribution in [1.29, 1.82) is 0 Å². The molecule has 0 spiro atoms. The number of thiophene rings is 1. The molecule has 33 heavy (non-hydrogen) atoms. The van der Waals surface area contributed by atoms with E-state index in [4.69, 9.17) is 4.98 Å². The minimum Gasteiger partial charge on any atom is -0.342 e. The Kier molecular flexibility index (Phi) is 7.97. The number of anilines is 1. The molecule has 0 unspecified atom stereocenters. The third-order valence-corrected chi connectivity index (χ3v) is 9.10. The summed E-state index contributed by atoms with van der Waals surface area (Å²) in [5.41, 5.74) is 3.22. The molecule has 2 aromatic heterocycles. The molecule has 6 nitrogen and oxygen atoms in total. The van der Waals surface area contributed by atoms with Crippen molar-refractivity contribution in [2.45, 2.75) is 58.2 Å². The molecule has 9 heteroatoms. The van der Waals surface area contributed by atoms with Crippen LogP contribution < -0.4 is 9.62 Å². The molecule has 3 aromatic rings. The molecule has 178 valence electrons. The van der Waals surface area contributed by atoms with Crippen molar-refractivity contribution in [2.75, 3.05) is 11.4 Å². The second kappa shape index (κ2) is 10.4. The summed E-state index contributed by atoms with van der Waals surface area (Å²) in [5, 5.41) is 4.84. The van der Waals surface area contributed by atoms with Crippen molar-refractivity contribution in [2.24, 2.45) is 0 Å². The minimum atomic E-state index is -3.73. The molecular weight excluding hydrogens is 474 g/mol. The maximum atomic E-state index is 12.4. The summed E-state index contributed by atoms with van der Waals surface area (Å²) < 4.78 is 25.8. The lowest BCUT2D eigenvalue weighted by atomic mass is 10.0. The fourth-order valence-electron chi connectivity index (χ4n) is 3.00. The topological polar surface area (TPSA) is 79.4 Å². The average Bonchev–Trinajstić information content (AvgIpc) is 3.42. The van der Waals surface area contributed by atoms with Gasteiger partial charge in [-0.2, -0.15) is 0 Å². The van der Waals surface area contributed by atoms with Gasteiger partial charge in [-0.1, -0.05) is 44.2 Å². The van der Waals surface area contributed by atoms with Gasteiger partial charge in [0.2, 0.25) is 15.9 Å². The quantitative estimate of drug-likeness (QED) is 0.407. The fraction of sp³-hybridized carbons (Fsp3) is 0.417. The first kappa shape index (κ1) is 25.4. The third kappa shape index (κ3) is 6.65. The summed E-state index contributed by atoms with van der Waals surface area (Å²) in [6.45, 7) is 10.0. The van der Waals surface area contributed by atoms with E-state index in [1.54, 1.807) is 32.1 Å². The standard InChI is InChI=1S/C24H31N3O3S3/c1-17(2)18-8-10-19(11-9-18)21-16-32-23(25-21)27(15-20-7-6-14-31-20)13-12-22(28)26-33(29,30)24(3,4)5/h6-11,14,16-17H,12-13,15H2,1-5H3,(H,26,28). The summed E-state index contributed by atoms with van der Waals surface area (Å²) in [6, 6.07) is 12.5. The maximum Gasteiger partial charge on any atom is 0.239 e. The lowest BCUT2D eigenvalue weighted by molar-refractivity contribution is -0.119. The normalized spacial score (nSPS) is 12.2. The SMILES string of the molecule is CC(C)c1ccc(-c2csc(N(CCC(=O)NS(=O)(=O)C(C)(C)C)Cc3cccs3)n2)cc1. The number of hydrogen-bond acceptors (Lipinski definition) is 7. The molecule has 0 atom stereocenters. The van der Waals surface area contributed by atoms with Gasteiger partial charge in [0.05, 0.1) is 17.0 Å². The third-order valence-electron chi connectivity index (χ3n) is 5.23. The van der Waals surface area contributed by atoms with Crippen LogP contribution in [0.25, 0.3) is 11.3 Å². The number of thiazole rings is 1. The van der Waals surface area contributed by atoms with Gasteiger partial charge < -0.3 is 4.90 Å². The van der Waals surface area contributed by atoms with E-state index >= 15 is 0 Å². The number of sulfonamides is 1. The van der Waals surface area contributed by atoms with Crippen molar-refractivity contribution >= 4 is 43.7 Å². The van der Waals surface area contributed by atoms with Gasteiger partial charge in [-0.05, 0) is 43.7 Å². The molecule has 3 rings (SSSR count). The van der Waals surface area contributed by atoms with E-state index in [-0.39, 0.29) is 6.42 Å². The fourth-order valence-corrected chi connectivity index (χ4v) is 5.29. The van der Waals surface area contributed by atoms with Gasteiger partial charge in [0.25, 0.3) is 0 Å². The van der Waals surface area contributed by atoms with Crippen LogP contribution in [-0.4, -0.2) is 30.6 Å². The highest BCUT2D eigenvalue weighted by Crippen LogP contribution is 2.30. The van der Waals surface area contributed by atoms with Crippen LogP contribution >= 0.6 is 22.7 Å². The Morgan fingerprint density at radius 2 is 1.82 bits per heavy atom. The first-order valence-electron chi connectivity index (χ1n) is 10.8. The predicted molar refractivity (Wildman–Crippen MR) is 138 cm³/mol. The molecule has 1 N–H and O–H groups in total. The number of rotatable bonds is 9. The molecule has 0 aliphatic carbocycles. The highest BCUT2D eigenvalue weighted by atomic mass is 32.2. The van der Waals surface area contributed by atoms with Gasteiger partial charge in [-0.3, -0.25) is 9.52 Å². The summed E-state index contributed by atoms with van der Waals surface area (Å²) in [7, 11) is -3.73. The van der Waals surface area contributed by atoms with Crippen molar-refractivity contribution in [3.8, 4) is 11.3 Å². The number of hydrogen-bond donors (Lipinski definition) is 1. The van der Waals surface area contributed by atoms with Crippen LogP contribution in [0, 0.1) is 0 Å². The summed E-state index contributed by atoms with van der Waals surface area (Å²) in [5.74, 6) is -0.0401. The van der Waals surface area contributed by atoms with Crippen molar-refractivity contribution in [1.82, 2.24) is 9.71 Å². The average molecular weight is 506 g/mol. The van der Waals surface area contributed by atoms with Gasteiger partial charge in [0, 0.05) is 28.8 Å². The number of carbonyl (C=O) groups excluding carboxylic acids is 1. The van der Waals surface area contributed by atoms with Gasteiger partial charge in [-0.15, -0.1) is 22.7 Å². The summed E-state index contributed by atoms with van der Waals surface area (Å²) in [4.78, 5) is 20.4. The van der Waals surface area contributed by atoms with E-state index in [0.29, 0.717) is 19.0 Å². The Hall–Kier alpha value is -2.23. The molecule has 0 saturated carbocycles. The van der Waals surface area contributed by atoms with Crippen LogP contribution in [0.15, 0.2) is 47.2 Å². The van der Waals surface area contributed by atoms with E-state index in [2.05, 4.69) is 42.8 Å². The van der Waals surface area contributed by atoms with Crippen LogP contribution in [0.5, 0.6) is 0 Å². The number of amides is 1. The monoisotopic (exact) mass is 505 g/mol. The molecule has 0 saturated heterocycles. The molecule has 0 radical (unpaired) electrons. The van der Waals surface area contributed by atoms with Gasteiger partial charge >= 0.3 is 0 Å². The number of carbonyl (C=O) groups is 1. The zero-order valence-electron chi connectivity index (χ0n) is 19.7. The van der Waals surface area contributed by atoms with Crippen LogP contribution in [0.2, 0.25) is 0 Å². The summed E-state index contributed by atoms with van der Waals surface area (Å²) >= 11 is 3.16. The largest absolute Gasteiger partial charge is 0.342 e. The number of benzene rings is 1. The van der Waals surface area contributed by atoms with Gasteiger partial charge in [-0.25, -0.2) is 13.4 Å². The van der Waals surface area contributed by atoms with Crippen molar-refractivity contribution < 1.29 is 13.2 Å². The van der Waals surface area contributed by atoms with E-state index in [1.807, 2.05) is 27.8 Å². The Labute approximate surface area is 204 Å². The molecular formula is C24H31N3O3S3. The van der Waals surface area contributed by atoms with E-state index < -0.39 is 20.7 Å². The van der Waals surface area contributed by atoms with Crippen LogP contribution in [0.4, 0.5) is 5.13 Å². The Balaban J connectivity index is 1.75. The molecule has 2 heterocycles. The number of nitrogens with one attached hydrogen (secondary N) is 1. The van der Waals surface area contributed by atoms with E-state index in [0.717, 1.165) is 21.3 Å². The lowest BCUT2D eigenvalue weighted by Gasteiger charge is -2.22. The van der Waals surface area contributed by atoms with Crippen LogP contribution in [-0.2, 0) is 21.4 Å². The first-order chi connectivity index (χ1) is 15.5. The molecule has 0 fully saturated rings. The summed E-state index contributed by atoms with van der Waals surface area (Å²) in [6.07, 6.45) is 0.0542. The molecule has 1 aromatic carbocycles. The first-order valence-corrected chi connectivity index (χ1v) is 14.1. The zero-order valence-corrected chi connectivity index (χ0v) is 22.1. The van der Waals surface area contributed by atoms with Crippen LogP contribution in [0.1, 0.15) is 57.4 Å². The van der Waals surface area contributed by atoms with Gasteiger partial charge in [0.15, 0.2) is 5.13 Å². The molecule has 0 aliphatic heterocycles. The van der Waals surface area contributed by atoms with E-state index in [1.165, 1.54) is 16.9 Å². The van der Waals surface area contributed by atoms with Gasteiger partial charge in [0.1, 0.15) is 0 Å². The molecule has 0 bridgehead atoms. The predicted octanol–water partition coefficient (Wildman–Crippen LogP) is 5.64. The maximum absolute atomic E-state index is 12.4. The van der Waals surface area contributed by atoms with Crippen molar-refractivity contribution in [3.05, 3.63) is 57.6 Å². The smallest absolute Gasteiger partial charge is 0.239 e. The lowest BCUT2D eigenvalue weighted by Crippen LogP contribution is -2.43. The Bertz CT molecular complexity index is 1160. The van der Waals surface area contributed by atoms with Crippen molar-refractivity contribution in [3.63, 3.8) is 0 Å². The Morgan fingerprint density at radius 1 is 1.12 bits per heavy atom. The molecule has 1 amide bonds. The second-order valence-electron chi connectivity index (χ2n) is 9.18. The second-order valence-corrected chi connectivity index (χ2v) is 13.5. The van der Waals surface area contributed by atoms with E-state index in [9.17, 15) is 13.2 Å². The number of aromatic nitrogens is 1. The van der Waals surface area contributed by atoms with Crippen LogP contribution in [0.3, 0.4) is 0 Å². The molecule has 0 aliphatic rings. The Morgan fingerprint density at radius 3 is 2.39 bits per heavy atom. The highest BCUT2D eigenvalue weighted by molar-refractivity contribution is 7.91. The minimum absolute atomic E-state index is 0.0542.